The number of pyridine rings is 1. The number of aliphatic imine (C=N–C) groups is 1. The fourth-order valence-corrected chi connectivity index (χ4v) is 5.04. The number of hydrogen-bond acceptors (Lipinski definition) is 4. The molecule has 7 nitrogen and oxygen atoms in total. The number of allylic oxidation sites excluding steroid dienone is 2. The number of hydrogen-bond donors (Lipinski definition) is 1. The predicted molar refractivity (Wildman–Crippen MR) is 133 cm³/mol. The summed E-state index contributed by atoms with van der Waals surface area (Å²) in [6.07, 6.45) is 5.42. The molecule has 1 saturated carbocycles. The maximum atomic E-state index is 12.9. The molecule has 1 N–H and O–H groups in total. The molecule has 7 heteroatoms. The Bertz CT molecular complexity index is 1210. The van der Waals surface area contributed by atoms with Crippen molar-refractivity contribution in [1.29, 1.82) is 0 Å². The van der Waals surface area contributed by atoms with Crippen LogP contribution in [0.25, 0.3) is 11.2 Å². The fourth-order valence-electron chi connectivity index (χ4n) is 5.04. The summed E-state index contributed by atoms with van der Waals surface area (Å²) in [5.74, 6) is 0.172. The predicted octanol–water partition coefficient (Wildman–Crippen LogP) is 4.31. The minimum absolute atomic E-state index is 0.000784. The minimum Gasteiger partial charge on any atom is -0.348 e. The third-order valence-electron chi connectivity index (χ3n) is 7.12. The van der Waals surface area contributed by atoms with Gasteiger partial charge in [-0.25, -0.2) is 9.78 Å². The molecule has 0 bridgehead atoms. The third-order valence-corrected chi connectivity index (χ3v) is 7.12. The number of aromatic nitrogens is 3. The van der Waals surface area contributed by atoms with Gasteiger partial charge in [0.2, 0.25) is 0 Å². The van der Waals surface area contributed by atoms with Gasteiger partial charge < -0.3 is 5.32 Å². The lowest BCUT2D eigenvalue weighted by Gasteiger charge is -2.42. The van der Waals surface area contributed by atoms with Crippen LogP contribution in [0.4, 0.5) is 0 Å². The molecule has 2 atom stereocenters. The molecule has 3 heterocycles. The SMILES string of the molecule is CC1=CCC(C(=O)NC2CC(c3ccc4c(n3)n(C)c(=O)n4CC(C)(C)C)CCC2(C)C)=N1. The van der Waals surface area contributed by atoms with Gasteiger partial charge in [-0.3, -0.25) is 18.9 Å². The molecular weight excluding hydrogens is 414 g/mol. The number of nitrogens with zero attached hydrogens (tertiary/aromatic N) is 4. The van der Waals surface area contributed by atoms with Gasteiger partial charge in [-0.2, -0.15) is 0 Å². The Kier molecular flexibility index (Phi) is 5.87. The molecule has 178 valence electrons. The lowest BCUT2D eigenvalue weighted by atomic mass is 9.68. The molecule has 0 spiro atoms. The van der Waals surface area contributed by atoms with Crippen molar-refractivity contribution in [3.8, 4) is 0 Å². The lowest BCUT2D eigenvalue weighted by molar-refractivity contribution is -0.116. The van der Waals surface area contributed by atoms with Crippen LogP contribution in [0.5, 0.6) is 0 Å². The molecule has 1 aliphatic carbocycles. The van der Waals surface area contributed by atoms with Gasteiger partial charge >= 0.3 is 5.69 Å². The van der Waals surface area contributed by atoms with Gasteiger partial charge in [0.15, 0.2) is 5.65 Å². The van der Waals surface area contributed by atoms with Crippen molar-refractivity contribution in [1.82, 2.24) is 19.4 Å². The number of nitrogens with one attached hydrogen (secondary N) is 1. The van der Waals surface area contributed by atoms with Crippen LogP contribution in [0.2, 0.25) is 0 Å². The zero-order valence-electron chi connectivity index (χ0n) is 21.0. The van der Waals surface area contributed by atoms with E-state index in [-0.39, 0.29) is 34.4 Å². The number of imidazole rings is 1. The van der Waals surface area contributed by atoms with Gasteiger partial charge in [-0.1, -0.05) is 40.7 Å². The summed E-state index contributed by atoms with van der Waals surface area (Å²) in [6, 6.07) is 4.15. The lowest BCUT2D eigenvalue weighted by Crippen LogP contribution is -2.50. The van der Waals surface area contributed by atoms with Gasteiger partial charge in [0.1, 0.15) is 5.71 Å². The van der Waals surface area contributed by atoms with Crippen molar-refractivity contribution in [2.75, 3.05) is 0 Å². The summed E-state index contributed by atoms with van der Waals surface area (Å²) in [4.78, 5) is 35.0. The second-order valence-corrected chi connectivity index (χ2v) is 11.7. The molecule has 1 fully saturated rings. The van der Waals surface area contributed by atoms with E-state index in [1.54, 1.807) is 11.6 Å². The van der Waals surface area contributed by atoms with Gasteiger partial charge in [0.05, 0.1) is 5.52 Å². The van der Waals surface area contributed by atoms with Crippen LogP contribution in [0.3, 0.4) is 0 Å². The molecule has 33 heavy (non-hydrogen) atoms. The normalized spacial score (nSPS) is 22.9. The van der Waals surface area contributed by atoms with Gasteiger partial charge in [-0.15, -0.1) is 0 Å². The van der Waals surface area contributed by atoms with Crippen molar-refractivity contribution in [2.24, 2.45) is 22.9 Å². The first-order valence-electron chi connectivity index (χ1n) is 12.0. The fraction of sp³-hybridized carbons (Fsp3) is 0.615. The second-order valence-electron chi connectivity index (χ2n) is 11.7. The summed E-state index contributed by atoms with van der Waals surface area (Å²) in [5, 5.41) is 3.27. The highest BCUT2D eigenvalue weighted by Crippen LogP contribution is 2.42. The monoisotopic (exact) mass is 451 g/mol. The smallest absolute Gasteiger partial charge is 0.330 e. The van der Waals surface area contributed by atoms with Crippen LogP contribution in [0, 0.1) is 10.8 Å². The Hall–Kier alpha value is -2.70. The van der Waals surface area contributed by atoms with E-state index in [1.807, 2.05) is 23.6 Å². The number of carbonyl (C=O) groups is 1. The van der Waals surface area contributed by atoms with Crippen molar-refractivity contribution in [3.05, 3.63) is 40.1 Å². The van der Waals surface area contributed by atoms with E-state index in [0.717, 1.165) is 41.8 Å². The average Bonchev–Trinajstić information content (AvgIpc) is 3.26. The molecule has 2 aromatic heterocycles. The number of aryl methyl sites for hydroxylation is 1. The largest absolute Gasteiger partial charge is 0.348 e. The first kappa shape index (κ1) is 23.5. The van der Waals surface area contributed by atoms with Gasteiger partial charge in [0.25, 0.3) is 5.91 Å². The molecule has 0 aromatic carbocycles. The number of amides is 1. The quantitative estimate of drug-likeness (QED) is 0.752. The third kappa shape index (κ3) is 4.68. The van der Waals surface area contributed by atoms with Crippen LogP contribution in [0.1, 0.15) is 78.8 Å². The summed E-state index contributed by atoms with van der Waals surface area (Å²) < 4.78 is 3.49. The van der Waals surface area contributed by atoms with Crippen LogP contribution in [-0.2, 0) is 18.4 Å². The number of fused-ring (bicyclic) bond motifs is 1. The Balaban J connectivity index is 1.59. The summed E-state index contributed by atoms with van der Waals surface area (Å²) in [7, 11) is 1.80. The molecule has 0 saturated heterocycles. The van der Waals surface area contributed by atoms with Gasteiger partial charge in [-0.05, 0) is 49.1 Å². The highest BCUT2D eigenvalue weighted by Gasteiger charge is 2.39. The maximum Gasteiger partial charge on any atom is 0.330 e. The molecule has 2 aromatic rings. The van der Waals surface area contributed by atoms with Crippen LogP contribution in [-0.4, -0.2) is 31.8 Å². The van der Waals surface area contributed by atoms with Crippen molar-refractivity contribution < 1.29 is 4.79 Å². The van der Waals surface area contributed by atoms with Crippen LogP contribution in [0.15, 0.2) is 33.7 Å². The van der Waals surface area contributed by atoms with Crippen molar-refractivity contribution in [2.45, 2.75) is 85.7 Å². The standard InChI is InChI=1S/C26H37N5O2/c1-16-8-9-19(27-16)23(32)29-21-14-17(12-13-26(21,5)6)18-10-11-20-22(28-18)30(7)24(33)31(20)15-25(2,3)4/h8,10-11,17,21H,9,12-15H2,1-7H3,(H,29,32). The first-order valence-corrected chi connectivity index (χ1v) is 12.0. The highest BCUT2D eigenvalue weighted by molar-refractivity contribution is 6.40. The number of rotatable bonds is 4. The van der Waals surface area contributed by atoms with E-state index in [0.29, 0.717) is 18.7 Å². The van der Waals surface area contributed by atoms with Crippen LogP contribution < -0.4 is 11.0 Å². The minimum atomic E-state index is -0.0631. The topological polar surface area (TPSA) is 81.3 Å². The Morgan fingerprint density at radius 3 is 2.64 bits per heavy atom. The Morgan fingerprint density at radius 2 is 2.00 bits per heavy atom. The zero-order chi connectivity index (χ0) is 24.1. The van der Waals surface area contributed by atoms with E-state index >= 15 is 0 Å². The molecule has 2 aliphatic rings. The van der Waals surface area contributed by atoms with E-state index in [9.17, 15) is 9.59 Å². The summed E-state index contributed by atoms with van der Waals surface area (Å²) >= 11 is 0. The van der Waals surface area contributed by atoms with Crippen molar-refractivity contribution in [3.63, 3.8) is 0 Å². The van der Waals surface area contributed by atoms with Crippen LogP contribution >= 0.6 is 0 Å². The first-order chi connectivity index (χ1) is 15.4. The number of carbonyl (C=O) groups excluding carboxylic acids is 1. The molecule has 4 rings (SSSR count). The van der Waals surface area contributed by atoms with E-state index in [1.165, 1.54) is 0 Å². The van der Waals surface area contributed by atoms with Gasteiger partial charge in [0, 0.05) is 43.4 Å². The summed E-state index contributed by atoms with van der Waals surface area (Å²) in [6.45, 7) is 13.4. The summed E-state index contributed by atoms with van der Waals surface area (Å²) in [5.41, 5.74) is 4.08. The molecule has 1 aliphatic heterocycles. The van der Waals surface area contributed by atoms with Crippen molar-refractivity contribution >= 4 is 22.8 Å². The molecule has 0 radical (unpaired) electrons. The van der Waals surface area contributed by atoms with E-state index < -0.39 is 0 Å². The Morgan fingerprint density at radius 1 is 1.27 bits per heavy atom. The average molecular weight is 452 g/mol. The molecular formula is C26H37N5O2. The zero-order valence-corrected chi connectivity index (χ0v) is 21.0. The molecule has 1 amide bonds. The maximum absolute atomic E-state index is 12.9. The van der Waals surface area contributed by atoms with E-state index in [4.69, 9.17) is 4.98 Å². The second kappa shape index (κ2) is 8.26. The molecule has 2 unspecified atom stereocenters. The highest BCUT2D eigenvalue weighted by atomic mass is 16.2. The Labute approximate surface area is 196 Å². The van der Waals surface area contributed by atoms with E-state index in [2.05, 4.69) is 51.0 Å².